The Kier molecular flexibility index (Phi) is 4.91. The van der Waals surface area contributed by atoms with Crippen LogP contribution < -0.4 is 10.6 Å². The molecule has 0 radical (unpaired) electrons. The molecular weight excluding hydrogens is 286 g/mol. The van der Waals surface area contributed by atoms with Crippen LogP contribution in [0.5, 0.6) is 0 Å². The van der Waals surface area contributed by atoms with Crippen molar-refractivity contribution < 1.29 is 4.79 Å². The first-order valence-electron chi connectivity index (χ1n) is 8.31. The predicted octanol–water partition coefficient (Wildman–Crippen LogP) is 3.26. The zero-order valence-corrected chi connectivity index (χ0v) is 13.5. The maximum Gasteiger partial charge on any atom is 0.269 e. The molecule has 1 saturated carbocycles. The molecule has 0 aliphatic heterocycles. The molecule has 120 valence electrons. The Labute approximate surface area is 137 Å². The van der Waals surface area contributed by atoms with Crippen LogP contribution in [-0.4, -0.2) is 23.5 Å². The highest BCUT2D eigenvalue weighted by Gasteiger charge is 2.31. The van der Waals surface area contributed by atoms with Gasteiger partial charge < -0.3 is 10.6 Å². The van der Waals surface area contributed by atoms with E-state index in [0.717, 1.165) is 18.0 Å². The number of anilines is 1. The van der Waals surface area contributed by atoms with Crippen molar-refractivity contribution in [3.8, 4) is 0 Å². The van der Waals surface area contributed by atoms with E-state index in [9.17, 15) is 4.79 Å². The summed E-state index contributed by atoms with van der Waals surface area (Å²) in [6, 6.07) is 14.7. The third-order valence-electron chi connectivity index (χ3n) is 4.17. The second kappa shape index (κ2) is 7.27. The minimum Gasteiger partial charge on any atom is -0.382 e. The molecule has 4 nitrogen and oxygen atoms in total. The van der Waals surface area contributed by atoms with Crippen LogP contribution in [0.25, 0.3) is 0 Å². The van der Waals surface area contributed by atoms with Crippen LogP contribution in [0, 0.1) is 5.92 Å². The number of hydrogen-bond acceptors (Lipinski definition) is 3. The second-order valence-corrected chi connectivity index (χ2v) is 6.07. The molecule has 0 unspecified atom stereocenters. The van der Waals surface area contributed by atoms with Crippen LogP contribution >= 0.6 is 0 Å². The summed E-state index contributed by atoms with van der Waals surface area (Å²) < 4.78 is 0. The lowest BCUT2D eigenvalue weighted by molar-refractivity contribution is 0.0951. The van der Waals surface area contributed by atoms with Crippen molar-refractivity contribution in [2.75, 3.05) is 11.9 Å². The minimum atomic E-state index is -0.123. The molecule has 1 aliphatic rings. The Morgan fingerprint density at radius 2 is 2.04 bits per heavy atom. The summed E-state index contributed by atoms with van der Waals surface area (Å²) in [4.78, 5) is 16.1. The van der Waals surface area contributed by atoms with E-state index < -0.39 is 0 Å². The largest absolute Gasteiger partial charge is 0.382 e. The van der Waals surface area contributed by atoms with Gasteiger partial charge in [-0.25, -0.2) is 0 Å². The molecule has 3 rings (SSSR count). The van der Waals surface area contributed by atoms with Crippen molar-refractivity contribution in [3.05, 3.63) is 59.9 Å². The molecule has 1 atom stereocenters. The van der Waals surface area contributed by atoms with Gasteiger partial charge in [0.2, 0.25) is 0 Å². The molecular formula is C19H23N3O. The molecule has 1 heterocycles. The highest BCUT2D eigenvalue weighted by Crippen LogP contribution is 2.35. The van der Waals surface area contributed by atoms with Gasteiger partial charge in [-0.15, -0.1) is 0 Å². The molecule has 2 aromatic rings. The fraction of sp³-hybridized carbons (Fsp3) is 0.368. The summed E-state index contributed by atoms with van der Waals surface area (Å²) in [6.07, 6.45) is 5.25. The van der Waals surface area contributed by atoms with Crippen LogP contribution in [0.15, 0.2) is 48.7 Å². The van der Waals surface area contributed by atoms with E-state index in [1.54, 1.807) is 6.20 Å². The number of nitrogens with one attached hydrogen (secondary N) is 2. The number of pyridine rings is 1. The molecule has 1 fully saturated rings. The number of amides is 1. The fourth-order valence-corrected chi connectivity index (χ4v) is 2.81. The first kappa shape index (κ1) is 15.5. The number of benzene rings is 1. The average molecular weight is 309 g/mol. The summed E-state index contributed by atoms with van der Waals surface area (Å²) in [6.45, 7) is 2.51. The third-order valence-corrected chi connectivity index (χ3v) is 4.17. The highest BCUT2D eigenvalue weighted by molar-refractivity contribution is 5.93. The van der Waals surface area contributed by atoms with Gasteiger partial charge in [-0.3, -0.25) is 9.78 Å². The molecule has 0 spiro atoms. The van der Waals surface area contributed by atoms with Gasteiger partial charge in [-0.1, -0.05) is 30.3 Å². The van der Waals surface area contributed by atoms with E-state index in [0.29, 0.717) is 18.3 Å². The summed E-state index contributed by atoms with van der Waals surface area (Å²) >= 11 is 0. The monoisotopic (exact) mass is 309 g/mol. The predicted molar refractivity (Wildman–Crippen MR) is 92.5 cm³/mol. The molecule has 1 aliphatic carbocycles. The van der Waals surface area contributed by atoms with Crippen LogP contribution in [0.1, 0.15) is 35.8 Å². The van der Waals surface area contributed by atoms with Crippen molar-refractivity contribution in [1.29, 1.82) is 0 Å². The molecule has 4 heteroatoms. The van der Waals surface area contributed by atoms with Crippen molar-refractivity contribution in [1.82, 2.24) is 10.3 Å². The van der Waals surface area contributed by atoms with Gasteiger partial charge in [0.1, 0.15) is 5.69 Å². The van der Waals surface area contributed by atoms with E-state index in [1.165, 1.54) is 18.4 Å². The number of carbonyl (C=O) groups excluding carboxylic acids is 1. The lowest BCUT2D eigenvalue weighted by Gasteiger charge is -2.20. The van der Waals surface area contributed by atoms with Crippen molar-refractivity contribution >= 4 is 11.6 Å². The summed E-state index contributed by atoms with van der Waals surface area (Å²) in [7, 11) is 0. The SMILES string of the molecule is CCNC(=O)c1cc(N[C@@H](Cc2ccccc2)C2CC2)ccn1. The van der Waals surface area contributed by atoms with Gasteiger partial charge in [-0.05, 0) is 49.8 Å². The van der Waals surface area contributed by atoms with Crippen molar-refractivity contribution in [3.63, 3.8) is 0 Å². The van der Waals surface area contributed by atoms with Crippen LogP contribution in [0.3, 0.4) is 0 Å². The fourth-order valence-electron chi connectivity index (χ4n) is 2.81. The number of hydrogen-bond donors (Lipinski definition) is 2. The summed E-state index contributed by atoms with van der Waals surface area (Å²) in [5.41, 5.74) is 2.77. The third kappa shape index (κ3) is 4.31. The van der Waals surface area contributed by atoms with E-state index in [-0.39, 0.29) is 5.91 Å². The van der Waals surface area contributed by atoms with Gasteiger partial charge in [0, 0.05) is 24.5 Å². The maximum absolute atomic E-state index is 11.9. The van der Waals surface area contributed by atoms with E-state index in [4.69, 9.17) is 0 Å². The molecule has 1 aromatic carbocycles. The lowest BCUT2D eigenvalue weighted by atomic mass is 10.0. The zero-order valence-electron chi connectivity index (χ0n) is 13.5. The van der Waals surface area contributed by atoms with Crippen LogP contribution in [0.4, 0.5) is 5.69 Å². The smallest absolute Gasteiger partial charge is 0.269 e. The Bertz CT molecular complexity index is 653. The number of nitrogens with zero attached hydrogens (tertiary/aromatic N) is 1. The Morgan fingerprint density at radius 1 is 1.26 bits per heavy atom. The van der Waals surface area contributed by atoms with Crippen LogP contribution in [-0.2, 0) is 6.42 Å². The van der Waals surface area contributed by atoms with Crippen LogP contribution in [0.2, 0.25) is 0 Å². The number of carbonyl (C=O) groups is 1. The van der Waals surface area contributed by atoms with Gasteiger partial charge in [0.15, 0.2) is 0 Å². The van der Waals surface area contributed by atoms with E-state index in [2.05, 4.69) is 39.9 Å². The van der Waals surface area contributed by atoms with Crippen molar-refractivity contribution in [2.45, 2.75) is 32.2 Å². The highest BCUT2D eigenvalue weighted by atomic mass is 16.1. The van der Waals surface area contributed by atoms with E-state index >= 15 is 0 Å². The molecule has 1 amide bonds. The lowest BCUT2D eigenvalue weighted by Crippen LogP contribution is -2.26. The molecule has 2 N–H and O–H groups in total. The first-order chi connectivity index (χ1) is 11.3. The molecule has 0 saturated heterocycles. The first-order valence-corrected chi connectivity index (χ1v) is 8.31. The Balaban J connectivity index is 1.70. The topological polar surface area (TPSA) is 54.0 Å². The summed E-state index contributed by atoms with van der Waals surface area (Å²) in [5, 5.41) is 6.39. The summed E-state index contributed by atoms with van der Waals surface area (Å²) in [5.74, 6) is 0.596. The standard InChI is InChI=1S/C19H23N3O/c1-2-20-19(23)18-13-16(10-11-21-18)22-17(15-8-9-15)12-14-6-4-3-5-7-14/h3-7,10-11,13,15,17H,2,8-9,12H2,1H3,(H,20,23)(H,21,22)/t17-/m0/s1. The van der Waals surface area contributed by atoms with Gasteiger partial charge in [0.25, 0.3) is 5.91 Å². The maximum atomic E-state index is 11.9. The zero-order chi connectivity index (χ0) is 16.1. The minimum absolute atomic E-state index is 0.123. The normalized spacial score (nSPS) is 15.0. The average Bonchev–Trinajstić information content (AvgIpc) is 3.41. The van der Waals surface area contributed by atoms with E-state index in [1.807, 2.05) is 25.1 Å². The van der Waals surface area contributed by atoms with Gasteiger partial charge in [-0.2, -0.15) is 0 Å². The molecule has 23 heavy (non-hydrogen) atoms. The molecule has 1 aromatic heterocycles. The number of aromatic nitrogens is 1. The Morgan fingerprint density at radius 3 is 2.74 bits per heavy atom. The number of rotatable bonds is 7. The van der Waals surface area contributed by atoms with Gasteiger partial charge in [0.05, 0.1) is 0 Å². The van der Waals surface area contributed by atoms with Crippen molar-refractivity contribution in [2.24, 2.45) is 5.92 Å². The van der Waals surface area contributed by atoms with Gasteiger partial charge >= 0.3 is 0 Å². The quantitative estimate of drug-likeness (QED) is 0.825. The Hall–Kier alpha value is -2.36. The second-order valence-electron chi connectivity index (χ2n) is 6.07. The molecule has 0 bridgehead atoms.